The second kappa shape index (κ2) is 9.96. The van der Waals surface area contributed by atoms with Crippen molar-refractivity contribution in [2.75, 3.05) is 5.32 Å². The summed E-state index contributed by atoms with van der Waals surface area (Å²) in [4.78, 5) is 13.2. The number of hydrogen-bond donors (Lipinski definition) is 1. The van der Waals surface area contributed by atoms with Gasteiger partial charge in [0, 0.05) is 11.8 Å². The van der Waals surface area contributed by atoms with Gasteiger partial charge in [-0.05, 0) is 42.7 Å². The van der Waals surface area contributed by atoms with Gasteiger partial charge in [-0.15, -0.1) is 0 Å². The molecule has 32 heavy (non-hydrogen) atoms. The number of hydrogen-bond acceptors (Lipinski definition) is 3. The van der Waals surface area contributed by atoms with Gasteiger partial charge in [0.15, 0.2) is 0 Å². The number of benzene rings is 3. The van der Waals surface area contributed by atoms with Crippen LogP contribution in [-0.2, 0) is 13.0 Å². The molecule has 0 aliphatic heterocycles. The number of carbonyl (C=O) groups is 1. The van der Waals surface area contributed by atoms with Gasteiger partial charge in [-0.3, -0.25) is 4.79 Å². The predicted molar refractivity (Wildman–Crippen MR) is 127 cm³/mol. The third-order valence-electron chi connectivity index (χ3n) is 5.31. The molecule has 0 saturated carbocycles. The van der Waals surface area contributed by atoms with E-state index in [1.54, 1.807) is 6.20 Å². The highest BCUT2D eigenvalue weighted by atomic mass is 16.5. The number of rotatable bonds is 8. The SMILES string of the molecule is CCCc1c(C(=O)Nc2cc(OCc3ccccc3)ccc2C)cnn1-c1ccccc1. The van der Waals surface area contributed by atoms with E-state index in [0.717, 1.165) is 41.0 Å². The maximum absolute atomic E-state index is 13.2. The van der Waals surface area contributed by atoms with Crippen molar-refractivity contribution < 1.29 is 9.53 Å². The molecule has 3 aromatic carbocycles. The van der Waals surface area contributed by atoms with Crippen LogP contribution in [0, 0.1) is 6.92 Å². The van der Waals surface area contributed by atoms with Gasteiger partial charge in [0.25, 0.3) is 5.91 Å². The molecule has 1 heterocycles. The molecular formula is C27H27N3O2. The fourth-order valence-corrected chi connectivity index (χ4v) is 3.59. The van der Waals surface area contributed by atoms with Crippen LogP contribution in [-0.4, -0.2) is 15.7 Å². The molecule has 0 aliphatic carbocycles. The zero-order valence-electron chi connectivity index (χ0n) is 18.4. The van der Waals surface area contributed by atoms with Crippen molar-refractivity contribution in [3.8, 4) is 11.4 Å². The Morgan fingerprint density at radius 2 is 1.72 bits per heavy atom. The Morgan fingerprint density at radius 3 is 2.44 bits per heavy atom. The second-order valence-corrected chi connectivity index (χ2v) is 7.71. The number of aryl methyl sites for hydroxylation is 1. The fourth-order valence-electron chi connectivity index (χ4n) is 3.59. The van der Waals surface area contributed by atoms with Crippen molar-refractivity contribution in [3.63, 3.8) is 0 Å². The summed E-state index contributed by atoms with van der Waals surface area (Å²) < 4.78 is 7.78. The number of nitrogens with zero attached hydrogens (tertiary/aromatic N) is 2. The summed E-state index contributed by atoms with van der Waals surface area (Å²) in [5.41, 5.74) is 5.24. The maximum Gasteiger partial charge on any atom is 0.259 e. The Morgan fingerprint density at radius 1 is 1.00 bits per heavy atom. The van der Waals surface area contributed by atoms with Crippen LogP contribution in [0.4, 0.5) is 5.69 Å². The van der Waals surface area contributed by atoms with Crippen molar-refractivity contribution in [2.24, 2.45) is 0 Å². The van der Waals surface area contributed by atoms with E-state index in [0.29, 0.717) is 17.9 Å². The van der Waals surface area contributed by atoms with E-state index in [1.807, 2.05) is 90.5 Å². The van der Waals surface area contributed by atoms with Crippen molar-refractivity contribution >= 4 is 11.6 Å². The number of nitrogens with one attached hydrogen (secondary N) is 1. The molecule has 1 N–H and O–H groups in total. The molecule has 4 rings (SSSR count). The number of ether oxygens (including phenoxy) is 1. The molecule has 0 atom stereocenters. The first-order chi connectivity index (χ1) is 15.7. The van der Waals surface area contributed by atoms with E-state index in [2.05, 4.69) is 17.3 Å². The van der Waals surface area contributed by atoms with Crippen molar-refractivity contribution in [2.45, 2.75) is 33.3 Å². The minimum absolute atomic E-state index is 0.168. The molecular weight excluding hydrogens is 398 g/mol. The quantitative estimate of drug-likeness (QED) is 0.379. The zero-order chi connectivity index (χ0) is 22.3. The van der Waals surface area contributed by atoms with Gasteiger partial charge in [0.1, 0.15) is 12.4 Å². The van der Waals surface area contributed by atoms with E-state index in [4.69, 9.17) is 4.74 Å². The third kappa shape index (κ3) is 4.89. The lowest BCUT2D eigenvalue weighted by Gasteiger charge is -2.13. The molecule has 0 aliphatic rings. The Balaban J connectivity index is 1.54. The van der Waals surface area contributed by atoms with Gasteiger partial charge >= 0.3 is 0 Å². The maximum atomic E-state index is 13.2. The van der Waals surface area contributed by atoms with Crippen LogP contribution < -0.4 is 10.1 Å². The second-order valence-electron chi connectivity index (χ2n) is 7.71. The molecule has 1 aromatic heterocycles. The topological polar surface area (TPSA) is 56.1 Å². The smallest absolute Gasteiger partial charge is 0.259 e. The molecule has 5 nitrogen and oxygen atoms in total. The molecule has 162 valence electrons. The average molecular weight is 426 g/mol. The summed E-state index contributed by atoms with van der Waals surface area (Å²) in [6, 6.07) is 25.6. The summed E-state index contributed by atoms with van der Waals surface area (Å²) in [5.74, 6) is 0.544. The number of para-hydroxylation sites is 1. The van der Waals surface area contributed by atoms with E-state index in [-0.39, 0.29) is 5.91 Å². The van der Waals surface area contributed by atoms with Gasteiger partial charge in [-0.25, -0.2) is 4.68 Å². The summed E-state index contributed by atoms with van der Waals surface area (Å²) in [5, 5.41) is 7.56. The molecule has 1 amide bonds. The van der Waals surface area contributed by atoms with Crippen LogP contribution in [0.25, 0.3) is 5.69 Å². The lowest BCUT2D eigenvalue weighted by Crippen LogP contribution is -2.15. The van der Waals surface area contributed by atoms with Crippen LogP contribution in [0.1, 0.15) is 40.5 Å². The Kier molecular flexibility index (Phi) is 6.66. The van der Waals surface area contributed by atoms with E-state index in [9.17, 15) is 4.79 Å². The fraction of sp³-hybridized carbons (Fsp3) is 0.185. The standard InChI is InChI=1S/C27H27N3O2/c1-3-10-26-24(18-28-30(26)22-13-8-5-9-14-22)27(31)29-25-17-23(16-15-20(25)2)32-19-21-11-6-4-7-12-21/h4-9,11-18H,3,10,19H2,1-2H3,(H,29,31). The van der Waals surface area contributed by atoms with Crippen molar-refractivity contribution in [3.05, 3.63) is 107 Å². The summed E-state index contributed by atoms with van der Waals surface area (Å²) in [7, 11) is 0. The molecule has 0 radical (unpaired) electrons. The Hall–Kier alpha value is -3.86. The minimum atomic E-state index is -0.168. The number of carbonyl (C=O) groups excluding carboxylic acids is 1. The summed E-state index contributed by atoms with van der Waals surface area (Å²) in [6.07, 6.45) is 3.33. The summed E-state index contributed by atoms with van der Waals surface area (Å²) in [6.45, 7) is 4.54. The van der Waals surface area contributed by atoms with Crippen LogP contribution >= 0.6 is 0 Å². The van der Waals surface area contributed by atoms with Crippen LogP contribution in [0.2, 0.25) is 0 Å². The number of amides is 1. The molecule has 0 bridgehead atoms. The van der Waals surface area contributed by atoms with Gasteiger partial charge < -0.3 is 10.1 Å². The number of aromatic nitrogens is 2. The lowest BCUT2D eigenvalue weighted by molar-refractivity contribution is 0.102. The van der Waals surface area contributed by atoms with Gasteiger partial charge in [-0.2, -0.15) is 5.10 Å². The third-order valence-corrected chi connectivity index (χ3v) is 5.31. The van der Waals surface area contributed by atoms with E-state index in [1.165, 1.54) is 0 Å². The highest BCUT2D eigenvalue weighted by Crippen LogP contribution is 2.25. The van der Waals surface area contributed by atoms with Gasteiger partial charge in [0.2, 0.25) is 0 Å². The van der Waals surface area contributed by atoms with Gasteiger partial charge in [0.05, 0.1) is 23.1 Å². The highest BCUT2D eigenvalue weighted by molar-refractivity contribution is 6.05. The number of anilines is 1. The first-order valence-corrected chi connectivity index (χ1v) is 10.9. The van der Waals surface area contributed by atoms with Crippen LogP contribution in [0.15, 0.2) is 85.1 Å². The van der Waals surface area contributed by atoms with E-state index < -0.39 is 0 Å². The zero-order valence-corrected chi connectivity index (χ0v) is 18.4. The summed E-state index contributed by atoms with van der Waals surface area (Å²) >= 11 is 0. The molecule has 5 heteroatoms. The molecule has 4 aromatic rings. The highest BCUT2D eigenvalue weighted by Gasteiger charge is 2.19. The molecule has 0 saturated heterocycles. The predicted octanol–water partition coefficient (Wildman–Crippen LogP) is 5.96. The normalized spacial score (nSPS) is 10.7. The average Bonchev–Trinajstić information content (AvgIpc) is 3.25. The van der Waals surface area contributed by atoms with E-state index >= 15 is 0 Å². The van der Waals surface area contributed by atoms with Crippen molar-refractivity contribution in [1.29, 1.82) is 0 Å². The van der Waals surface area contributed by atoms with Crippen LogP contribution in [0.3, 0.4) is 0 Å². The molecule has 0 spiro atoms. The Labute approximate surface area is 188 Å². The molecule has 0 unspecified atom stereocenters. The Bertz CT molecular complexity index is 1180. The first kappa shape index (κ1) is 21.4. The van der Waals surface area contributed by atoms with Crippen LogP contribution in [0.5, 0.6) is 5.75 Å². The minimum Gasteiger partial charge on any atom is -0.489 e. The first-order valence-electron chi connectivity index (χ1n) is 10.9. The lowest BCUT2D eigenvalue weighted by atomic mass is 10.1. The van der Waals surface area contributed by atoms with Crippen molar-refractivity contribution in [1.82, 2.24) is 9.78 Å². The molecule has 0 fully saturated rings. The monoisotopic (exact) mass is 425 g/mol. The van der Waals surface area contributed by atoms with Gasteiger partial charge in [-0.1, -0.05) is 67.9 Å². The largest absolute Gasteiger partial charge is 0.489 e.